The van der Waals surface area contributed by atoms with Gasteiger partial charge in [-0.15, -0.1) is 0 Å². The molecule has 0 unspecified atom stereocenters. The largest absolute Gasteiger partial charge is 0.439 e. The van der Waals surface area contributed by atoms with E-state index in [0.29, 0.717) is 22.8 Å². The van der Waals surface area contributed by atoms with Crippen molar-refractivity contribution in [2.45, 2.75) is 39.5 Å². The van der Waals surface area contributed by atoms with Gasteiger partial charge in [-0.3, -0.25) is 0 Å². The molecule has 0 saturated heterocycles. The minimum Gasteiger partial charge on any atom is -0.439 e. The molecule has 1 aromatic heterocycles. The highest BCUT2D eigenvalue weighted by Crippen LogP contribution is 2.32. The fourth-order valence-electron chi connectivity index (χ4n) is 2.01. The summed E-state index contributed by atoms with van der Waals surface area (Å²) in [6, 6.07) is 7.61. The second kappa shape index (κ2) is 7.23. The van der Waals surface area contributed by atoms with E-state index in [1.807, 2.05) is 12.1 Å². The molecule has 1 aromatic carbocycles. The van der Waals surface area contributed by atoms with E-state index >= 15 is 0 Å². The smallest absolute Gasteiger partial charge is 0.224 e. The third-order valence-corrected chi connectivity index (χ3v) is 3.69. The van der Waals surface area contributed by atoms with Crippen LogP contribution in [0.25, 0.3) is 0 Å². The van der Waals surface area contributed by atoms with Crippen LogP contribution in [-0.4, -0.2) is 9.97 Å². The summed E-state index contributed by atoms with van der Waals surface area (Å²) in [4.78, 5) is 8.62. The van der Waals surface area contributed by atoms with Gasteiger partial charge in [0.15, 0.2) is 0 Å². The summed E-state index contributed by atoms with van der Waals surface area (Å²) in [5.41, 5.74) is 1.12. The quantitative estimate of drug-likeness (QED) is 0.628. The molecule has 0 N–H and O–H groups in total. The van der Waals surface area contributed by atoms with E-state index in [0.717, 1.165) is 28.6 Å². The second-order valence-corrected chi connectivity index (χ2v) is 6.44. The molecular formula is C16H18BrClN2O. The number of aromatic nitrogens is 2. The number of rotatable bonds is 5. The van der Waals surface area contributed by atoms with Crippen molar-refractivity contribution in [1.29, 1.82) is 0 Å². The van der Waals surface area contributed by atoms with Crippen LogP contribution in [0.15, 0.2) is 28.7 Å². The maximum Gasteiger partial charge on any atom is 0.224 e. The Kier molecular flexibility index (Phi) is 5.59. The van der Waals surface area contributed by atoms with Gasteiger partial charge in [-0.2, -0.15) is 4.98 Å². The van der Waals surface area contributed by atoms with Crippen molar-refractivity contribution in [3.8, 4) is 11.6 Å². The number of nitrogens with zero attached hydrogens (tertiary/aromatic N) is 2. The van der Waals surface area contributed by atoms with Crippen LogP contribution >= 0.6 is 27.5 Å². The molecule has 2 rings (SSSR count). The molecule has 0 spiro atoms. The normalized spacial score (nSPS) is 11.0. The Balaban J connectivity index is 2.33. The van der Waals surface area contributed by atoms with Gasteiger partial charge in [-0.25, -0.2) is 4.98 Å². The first-order valence-electron chi connectivity index (χ1n) is 7.00. The molecule has 5 heteroatoms. The first-order valence-corrected chi connectivity index (χ1v) is 8.17. The Morgan fingerprint density at radius 2 is 2.00 bits per heavy atom. The fourth-order valence-corrected chi connectivity index (χ4v) is 2.58. The molecule has 0 aliphatic rings. The SMILES string of the molecule is CCCc1nc(Cl)cc(Oc2ccc(Br)cc2C(C)C)n1. The van der Waals surface area contributed by atoms with Crippen molar-refractivity contribution in [2.75, 3.05) is 0 Å². The van der Waals surface area contributed by atoms with Gasteiger partial charge in [-0.05, 0) is 36.1 Å². The molecule has 0 radical (unpaired) electrons. The summed E-state index contributed by atoms with van der Waals surface area (Å²) >= 11 is 9.53. The molecule has 0 amide bonds. The van der Waals surface area contributed by atoms with Crippen LogP contribution < -0.4 is 4.74 Å². The van der Waals surface area contributed by atoms with Crippen LogP contribution in [0.1, 0.15) is 44.5 Å². The zero-order valence-corrected chi connectivity index (χ0v) is 14.7. The van der Waals surface area contributed by atoms with E-state index in [-0.39, 0.29) is 0 Å². The zero-order valence-electron chi connectivity index (χ0n) is 12.4. The lowest BCUT2D eigenvalue weighted by Crippen LogP contribution is -2.00. The van der Waals surface area contributed by atoms with Crippen molar-refractivity contribution >= 4 is 27.5 Å². The highest BCUT2D eigenvalue weighted by molar-refractivity contribution is 9.10. The van der Waals surface area contributed by atoms with Crippen molar-refractivity contribution in [3.05, 3.63) is 45.3 Å². The third kappa shape index (κ3) is 4.42. The Hall–Kier alpha value is -1.13. The van der Waals surface area contributed by atoms with Crippen molar-refractivity contribution in [2.24, 2.45) is 0 Å². The van der Waals surface area contributed by atoms with Crippen LogP contribution in [0, 0.1) is 0 Å². The molecule has 0 atom stereocenters. The van der Waals surface area contributed by atoms with Gasteiger partial charge in [-0.1, -0.05) is 48.3 Å². The van der Waals surface area contributed by atoms with Crippen LogP contribution in [0.3, 0.4) is 0 Å². The van der Waals surface area contributed by atoms with Gasteiger partial charge >= 0.3 is 0 Å². The van der Waals surface area contributed by atoms with Gasteiger partial charge in [0.2, 0.25) is 5.88 Å². The van der Waals surface area contributed by atoms with E-state index in [1.54, 1.807) is 6.07 Å². The molecular weight excluding hydrogens is 352 g/mol. The van der Waals surface area contributed by atoms with Crippen molar-refractivity contribution < 1.29 is 4.74 Å². The lowest BCUT2D eigenvalue weighted by Gasteiger charge is -2.14. The highest BCUT2D eigenvalue weighted by atomic mass is 79.9. The van der Waals surface area contributed by atoms with E-state index < -0.39 is 0 Å². The first kappa shape index (κ1) is 16.2. The molecule has 0 aliphatic carbocycles. The van der Waals surface area contributed by atoms with Gasteiger partial charge in [0.25, 0.3) is 0 Å². The number of benzene rings is 1. The predicted octanol–water partition coefficient (Wildman–Crippen LogP) is 5.76. The van der Waals surface area contributed by atoms with E-state index in [1.165, 1.54) is 0 Å². The Morgan fingerprint density at radius 3 is 2.67 bits per heavy atom. The number of hydrogen-bond acceptors (Lipinski definition) is 3. The fraction of sp³-hybridized carbons (Fsp3) is 0.375. The molecule has 2 aromatic rings. The van der Waals surface area contributed by atoms with Crippen molar-refractivity contribution in [1.82, 2.24) is 9.97 Å². The summed E-state index contributed by atoms with van der Waals surface area (Å²) in [7, 11) is 0. The molecule has 0 aliphatic heterocycles. The monoisotopic (exact) mass is 368 g/mol. The van der Waals surface area contributed by atoms with E-state index in [4.69, 9.17) is 16.3 Å². The topological polar surface area (TPSA) is 35.0 Å². The molecule has 1 heterocycles. The van der Waals surface area contributed by atoms with Crippen LogP contribution in [0.2, 0.25) is 5.15 Å². The van der Waals surface area contributed by atoms with Gasteiger partial charge in [0, 0.05) is 17.0 Å². The standard InChI is InChI=1S/C16H18BrClN2O/c1-4-5-15-19-14(18)9-16(20-15)21-13-7-6-11(17)8-12(13)10(2)3/h6-10H,4-5H2,1-3H3. The Labute approximate surface area is 138 Å². The summed E-state index contributed by atoms with van der Waals surface area (Å²) < 4.78 is 6.97. The number of halogens is 2. The predicted molar refractivity (Wildman–Crippen MR) is 89.3 cm³/mol. The van der Waals surface area contributed by atoms with Gasteiger partial charge < -0.3 is 4.74 Å². The minimum absolute atomic E-state index is 0.352. The summed E-state index contributed by atoms with van der Waals surface area (Å²) in [5.74, 6) is 2.35. The van der Waals surface area contributed by atoms with Gasteiger partial charge in [0.05, 0.1) is 0 Å². The zero-order chi connectivity index (χ0) is 15.4. The van der Waals surface area contributed by atoms with Crippen LogP contribution in [0.4, 0.5) is 0 Å². The second-order valence-electron chi connectivity index (χ2n) is 5.13. The molecule has 21 heavy (non-hydrogen) atoms. The van der Waals surface area contributed by atoms with Crippen LogP contribution in [0.5, 0.6) is 11.6 Å². The lowest BCUT2D eigenvalue weighted by atomic mass is 10.0. The molecule has 3 nitrogen and oxygen atoms in total. The van der Waals surface area contributed by atoms with Gasteiger partial charge in [0.1, 0.15) is 16.7 Å². The number of aryl methyl sites for hydroxylation is 1. The average Bonchev–Trinajstić information content (AvgIpc) is 2.40. The van der Waals surface area contributed by atoms with E-state index in [9.17, 15) is 0 Å². The molecule has 112 valence electrons. The van der Waals surface area contributed by atoms with E-state index in [2.05, 4.69) is 52.7 Å². The number of ether oxygens (including phenoxy) is 1. The number of hydrogen-bond donors (Lipinski definition) is 0. The Bertz CT molecular complexity index is 632. The molecule has 0 saturated carbocycles. The lowest BCUT2D eigenvalue weighted by molar-refractivity contribution is 0.450. The first-order chi connectivity index (χ1) is 9.99. The van der Waals surface area contributed by atoms with Crippen LogP contribution in [-0.2, 0) is 6.42 Å². The minimum atomic E-state index is 0.352. The molecule has 0 fully saturated rings. The maximum atomic E-state index is 6.04. The van der Waals surface area contributed by atoms with Crippen molar-refractivity contribution in [3.63, 3.8) is 0 Å². The Morgan fingerprint density at radius 1 is 1.24 bits per heavy atom. The average molecular weight is 370 g/mol. The third-order valence-electron chi connectivity index (χ3n) is 3.00. The highest BCUT2D eigenvalue weighted by Gasteiger charge is 2.11. The molecule has 0 bridgehead atoms. The summed E-state index contributed by atoms with van der Waals surface area (Å²) in [5, 5.41) is 0.409. The maximum absolute atomic E-state index is 6.04. The summed E-state index contributed by atoms with van der Waals surface area (Å²) in [6.45, 7) is 6.34. The summed E-state index contributed by atoms with van der Waals surface area (Å²) in [6.07, 6.45) is 1.75.